The molecule has 1 heteroatoms. The van der Waals surface area contributed by atoms with Crippen LogP contribution in [0.15, 0.2) is 52.2 Å². The Kier molecular flexibility index (Phi) is 4.69. The van der Waals surface area contributed by atoms with Crippen LogP contribution in [0.5, 0.6) is 0 Å². The van der Waals surface area contributed by atoms with Crippen molar-refractivity contribution in [1.82, 2.24) is 0 Å². The summed E-state index contributed by atoms with van der Waals surface area (Å²) in [5.74, 6) is 0.888. The van der Waals surface area contributed by atoms with Gasteiger partial charge in [-0.15, -0.1) is 0 Å². The molecule has 0 aliphatic carbocycles. The molecule has 0 aliphatic heterocycles. The van der Waals surface area contributed by atoms with E-state index in [0.29, 0.717) is 0 Å². The van der Waals surface area contributed by atoms with E-state index in [1.54, 1.807) is 6.26 Å². The molecule has 0 spiro atoms. The van der Waals surface area contributed by atoms with Crippen LogP contribution in [-0.4, -0.2) is 0 Å². The van der Waals surface area contributed by atoms with Gasteiger partial charge in [0.15, 0.2) is 0 Å². The summed E-state index contributed by atoms with van der Waals surface area (Å²) in [6.45, 7) is 6.44. The molecule has 0 unspecified atom stereocenters. The van der Waals surface area contributed by atoms with Crippen molar-refractivity contribution in [2.45, 2.75) is 27.2 Å². The highest BCUT2D eigenvalue weighted by molar-refractivity contribution is 5.44. The van der Waals surface area contributed by atoms with Gasteiger partial charge in [0.25, 0.3) is 0 Å². The molecule has 1 aromatic heterocycles. The van der Waals surface area contributed by atoms with E-state index in [4.69, 9.17) is 4.42 Å². The molecular formula is C14H18O. The Morgan fingerprint density at radius 3 is 2.67 bits per heavy atom. The van der Waals surface area contributed by atoms with E-state index in [1.165, 1.54) is 11.1 Å². The number of hydrogen-bond acceptors (Lipinski definition) is 1. The second kappa shape index (κ2) is 6.07. The van der Waals surface area contributed by atoms with Crippen LogP contribution in [0.25, 0.3) is 6.08 Å². The van der Waals surface area contributed by atoms with Crippen molar-refractivity contribution in [3.05, 3.63) is 53.5 Å². The second-order valence-electron chi connectivity index (χ2n) is 3.79. The minimum absolute atomic E-state index is 0.888. The highest BCUT2D eigenvalue weighted by Crippen LogP contribution is 2.07. The molecule has 0 aliphatic rings. The summed E-state index contributed by atoms with van der Waals surface area (Å²) in [6.07, 6.45) is 10.9. The summed E-state index contributed by atoms with van der Waals surface area (Å²) < 4.78 is 5.17. The Morgan fingerprint density at radius 2 is 2.07 bits per heavy atom. The molecule has 0 bridgehead atoms. The third-order valence-electron chi connectivity index (χ3n) is 2.33. The van der Waals surface area contributed by atoms with E-state index in [2.05, 4.69) is 32.9 Å². The lowest BCUT2D eigenvalue weighted by molar-refractivity contribution is 0.557. The highest BCUT2D eigenvalue weighted by Gasteiger charge is 1.87. The van der Waals surface area contributed by atoms with Gasteiger partial charge in [-0.3, -0.25) is 0 Å². The van der Waals surface area contributed by atoms with E-state index >= 15 is 0 Å². The van der Waals surface area contributed by atoms with Crippen LogP contribution in [0, 0.1) is 0 Å². The molecule has 0 amide bonds. The van der Waals surface area contributed by atoms with E-state index in [1.807, 2.05) is 24.3 Å². The Morgan fingerprint density at radius 1 is 1.27 bits per heavy atom. The van der Waals surface area contributed by atoms with E-state index in [-0.39, 0.29) is 0 Å². The average Bonchev–Trinajstić information content (AvgIpc) is 2.69. The summed E-state index contributed by atoms with van der Waals surface area (Å²) in [5, 5.41) is 0. The maximum absolute atomic E-state index is 5.17. The molecule has 0 atom stereocenters. The van der Waals surface area contributed by atoms with Crippen molar-refractivity contribution in [3.63, 3.8) is 0 Å². The predicted octanol–water partition coefficient (Wildman–Crippen LogP) is 4.60. The Bertz CT molecular complexity index is 360. The number of hydrogen-bond donors (Lipinski definition) is 0. The fourth-order valence-electron chi connectivity index (χ4n) is 1.06. The normalized spacial score (nSPS) is 11.4. The molecule has 1 nitrogen and oxygen atoms in total. The van der Waals surface area contributed by atoms with Gasteiger partial charge in [0.2, 0.25) is 0 Å². The molecule has 1 rings (SSSR count). The molecule has 0 saturated heterocycles. The van der Waals surface area contributed by atoms with E-state index < -0.39 is 0 Å². The molecule has 1 aromatic rings. The number of furan rings is 1. The van der Waals surface area contributed by atoms with Gasteiger partial charge in [0, 0.05) is 0 Å². The standard InChI is InChI=1S/C14H18O/c1-12(2)13(3)8-5-4-6-9-14-10-7-11-15-14/h4-7,9-11H,8H2,1-3H3/b5-4+,9-6+. The largest absolute Gasteiger partial charge is 0.465 e. The summed E-state index contributed by atoms with van der Waals surface area (Å²) in [5.41, 5.74) is 2.83. The first-order valence-electron chi connectivity index (χ1n) is 5.20. The quantitative estimate of drug-likeness (QED) is 0.514. The van der Waals surface area contributed by atoms with Crippen LogP contribution in [0.4, 0.5) is 0 Å². The van der Waals surface area contributed by atoms with Crippen molar-refractivity contribution in [1.29, 1.82) is 0 Å². The van der Waals surface area contributed by atoms with Gasteiger partial charge in [0.1, 0.15) is 5.76 Å². The fourth-order valence-corrected chi connectivity index (χ4v) is 1.06. The van der Waals surface area contributed by atoms with Crippen molar-refractivity contribution in [2.24, 2.45) is 0 Å². The smallest absolute Gasteiger partial charge is 0.126 e. The lowest BCUT2D eigenvalue weighted by Gasteiger charge is -1.96. The van der Waals surface area contributed by atoms with Gasteiger partial charge in [-0.2, -0.15) is 0 Å². The minimum atomic E-state index is 0.888. The molecule has 80 valence electrons. The van der Waals surface area contributed by atoms with Gasteiger partial charge < -0.3 is 4.42 Å². The SMILES string of the molecule is CC(C)=C(C)C/C=C/C=C/c1ccco1. The van der Waals surface area contributed by atoms with Crippen LogP contribution in [0.2, 0.25) is 0 Å². The van der Waals surface area contributed by atoms with Gasteiger partial charge >= 0.3 is 0 Å². The van der Waals surface area contributed by atoms with E-state index in [0.717, 1.165) is 12.2 Å². The summed E-state index contributed by atoms with van der Waals surface area (Å²) in [4.78, 5) is 0. The molecule has 0 fully saturated rings. The molecule has 0 N–H and O–H groups in total. The second-order valence-corrected chi connectivity index (χ2v) is 3.79. The van der Waals surface area contributed by atoms with Crippen LogP contribution in [0.3, 0.4) is 0 Å². The van der Waals surface area contributed by atoms with Crippen molar-refractivity contribution in [2.75, 3.05) is 0 Å². The van der Waals surface area contributed by atoms with Crippen LogP contribution in [0.1, 0.15) is 33.0 Å². The zero-order valence-electron chi connectivity index (χ0n) is 9.66. The molecule has 0 saturated carbocycles. The molecule has 1 heterocycles. The first-order chi connectivity index (χ1) is 7.20. The molecule has 15 heavy (non-hydrogen) atoms. The third kappa shape index (κ3) is 4.50. The maximum Gasteiger partial charge on any atom is 0.126 e. The highest BCUT2D eigenvalue weighted by atomic mass is 16.3. The van der Waals surface area contributed by atoms with Crippen molar-refractivity contribution in [3.8, 4) is 0 Å². The lowest BCUT2D eigenvalue weighted by atomic mass is 10.1. The zero-order chi connectivity index (χ0) is 11.1. The summed E-state index contributed by atoms with van der Waals surface area (Å²) >= 11 is 0. The topological polar surface area (TPSA) is 13.1 Å². The number of rotatable bonds is 4. The number of allylic oxidation sites excluding steroid dienone is 5. The molecule has 0 radical (unpaired) electrons. The van der Waals surface area contributed by atoms with Gasteiger partial charge in [0.05, 0.1) is 6.26 Å². The van der Waals surface area contributed by atoms with Crippen molar-refractivity contribution < 1.29 is 4.42 Å². The Labute approximate surface area is 91.8 Å². The van der Waals surface area contributed by atoms with Gasteiger partial charge in [-0.05, 0) is 45.4 Å². The Hall–Kier alpha value is -1.50. The maximum atomic E-state index is 5.17. The van der Waals surface area contributed by atoms with Crippen LogP contribution in [-0.2, 0) is 0 Å². The minimum Gasteiger partial charge on any atom is -0.465 e. The monoisotopic (exact) mass is 202 g/mol. The van der Waals surface area contributed by atoms with Crippen molar-refractivity contribution >= 4 is 6.08 Å². The predicted molar refractivity (Wildman–Crippen MR) is 65.5 cm³/mol. The van der Waals surface area contributed by atoms with Crippen LogP contribution < -0.4 is 0 Å². The summed E-state index contributed by atoms with van der Waals surface area (Å²) in [6, 6.07) is 3.82. The van der Waals surface area contributed by atoms with Gasteiger partial charge in [-0.25, -0.2) is 0 Å². The average molecular weight is 202 g/mol. The first-order valence-corrected chi connectivity index (χ1v) is 5.20. The third-order valence-corrected chi connectivity index (χ3v) is 2.33. The zero-order valence-corrected chi connectivity index (χ0v) is 9.66. The first kappa shape index (κ1) is 11.6. The Balaban J connectivity index is 2.38. The lowest BCUT2D eigenvalue weighted by Crippen LogP contribution is -1.76. The van der Waals surface area contributed by atoms with Gasteiger partial charge in [-0.1, -0.05) is 29.4 Å². The van der Waals surface area contributed by atoms with Crippen LogP contribution >= 0.6 is 0 Å². The molecular weight excluding hydrogens is 184 g/mol. The fraction of sp³-hybridized carbons (Fsp3) is 0.286. The van der Waals surface area contributed by atoms with E-state index in [9.17, 15) is 0 Å². The molecule has 0 aromatic carbocycles. The summed E-state index contributed by atoms with van der Waals surface area (Å²) in [7, 11) is 0.